The van der Waals surface area contributed by atoms with Gasteiger partial charge in [0.1, 0.15) is 5.75 Å². The molecule has 0 unspecified atom stereocenters. The maximum absolute atomic E-state index is 11.0. The molecule has 4 nitrogen and oxygen atoms in total. The van der Waals surface area contributed by atoms with Gasteiger partial charge in [-0.2, -0.15) is 0 Å². The van der Waals surface area contributed by atoms with Crippen molar-refractivity contribution in [2.45, 2.75) is 31.0 Å². The van der Waals surface area contributed by atoms with E-state index in [1.54, 1.807) is 18.2 Å². The molecule has 2 rings (SSSR count). The van der Waals surface area contributed by atoms with Gasteiger partial charge in [-0.05, 0) is 44.6 Å². The van der Waals surface area contributed by atoms with Crippen LogP contribution in [0.5, 0.6) is 5.75 Å². The first kappa shape index (κ1) is 17.2. The Balaban J connectivity index is 0.00000200. The second kappa shape index (κ2) is 6.76. The summed E-state index contributed by atoms with van der Waals surface area (Å²) in [5, 5.41) is 30.5. The summed E-state index contributed by atoms with van der Waals surface area (Å²) in [4.78, 5) is 2.05. The maximum Gasteiger partial charge on any atom is 0.115 e. The molecule has 1 aromatic carbocycles. The van der Waals surface area contributed by atoms with Gasteiger partial charge in [-0.3, -0.25) is 0 Å². The van der Waals surface area contributed by atoms with E-state index >= 15 is 0 Å². The molecule has 0 bridgehead atoms. The third kappa shape index (κ3) is 3.64. The number of rotatable bonds is 3. The van der Waals surface area contributed by atoms with Gasteiger partial charge in [0.05, 0.1) is 11.7 Å². The number of hydrogen-bond acceptors (Lipinski definition) is 4. The highest BCUT2D eigenvalue weighted by molar-refractivity contribution is 5.85. The molecule has 5 heteroatoms. The molecule has 0 heterocycles. The van der Waals surface area contributed by atoms with Gasteiger partial charge in [-0.25, -0.2) is 0 Å². The lowest BCUT2D eigenvalue weighted by Gasteiger charge is -2.43. The van der Waals surface area contributed by atoms with Crippen molar-refractivity contribution in [2.24, 2.45) is 5.92 Å². The second-order valence-corrected chi connectivity index (χ2v) is 5.87. The zero-order chi connectivity index (χ0) is 14.0. The third-order valence-corrected chi connectivity index (χ3v) is 4.00. The van der Waals surface area contributed by atoms with E-state index in [0.29, 0.717) is 12.0 Å². The highest BCUT2D eigenvalue weighted by Gasteiger charge is 2.43. The number of hydrogen-bond donors (Lipinski definition) is 3. The molecule has 0 radical (unpaired) electrons. The minimum atomic E-state index is -1.07. The number of aliphatic hydroxyl groups excluding tert-OH is 1. The molecule has 0 spiro atoms. The van der Waals surface area contributed by atoms with Gasteiger partial charge >= 0.3 is 0 Å². The van der Waals surface area contributed by atoms with Gasteiger partial charge in [0.15, 0.2) is 0 Å². The van der Waals surface area contributed by atoms with Crippen molar-refractivity contribution in [3.05, 3.63) is 29.8 Å². The number of aliphatic hydroxyl groups is 2. The first-order valence-electron chi connectivity index (χ1n) is 6.76. The average Bonchev–Trinajstić information content (AvgIpc) is 2.32. The van der Waals surface area contributed by atoms with Crippen molar-refractivity contribution in [3.8, 4) is 5.75 Å². The van der Waals surface area contributed by atoms with Crippen LogP contribution >= 0.6 is 12.4 Å². The molecule has 1 aromatic rings. The molecular formula is C15H24ClNO3. The summed E-state index contributed by atoms with van der Waals surface area (Å²) in [6.45, 7) is 0.763. The molecule has 0 amide bonds. The fourth-order valence-electron chi connectivity index (χ4n) is 3.07. The molecule has 3 atom stereocenters. The van der Waals surface area contributed by atoms with E-state index in [1.807, 2.05) is 20.2 Å². The van der Waals surface area contributed by atoms with E-state index in [1.165, 1.54) is 0 Å². The first-order valence-corrected chi connectivity index (χ1v) is 6.76. The zero-order valence-corrected chi connectivity index (χ0v) is 12.8. The summed E-state index contributed by atoms with van der Waals surface area (Å²) in [5.41, 5.74) is -0.376. The van der Waals surface area contributed by atoms with Crippen molar-refractivity contribution in [3.63, 3.8) is 0 Å². The first-order chi connectivity index (χ1) is 8.91. The van der Waals surface area contributed by atoms with Crippen molar-refractivity contribution in [1.82, 2.24) is 4.90 Å². The monoisotopic (exact) mass is 301 g/mol. The number of nitrogens with zero attached hydrogens (tertiary/aromatic N) is 1. The Morgan fingerprint density at radius 2 is 2.00 bits per heavy atom. The van der Waals surface area contributed by atoms with Gasteiger partial charge in [0.25, 0.3) is 0 Å². The summed E-state index contributed by atoms with van der Waals surface area (Å²) < 4.78 is 0. The minimum Gasteiger partial charge on any atom is -0.508 e. The summed E-state index contributed by atoms with van der Waals surface area (Å²) in [7, 11) is 3.96. The molecule has 0 saturated heterocycles. The van der Waals surface area contributed by atoms with E-state index < -0.39 is 11.7 Å². The predicted molar refractivity (Wildman–Crippen MR) is 81.2 cm³/mol. The summed E-state index contributed by atoms with van der Waals surface area (Å²) in [5.74, 6) is 0.210. The molecule has 0 aliphatic heterocycles. The summed E-state index contributed by atoms with van der Waals surface area (Å²) >= 11 is 0. The second-order valence-electron chi connectivity index (χ2n) is 5.87. The number of halogens is 1. The van der Waals surface area contributed by atoms with E-state index in [2.05, 4.69) is 4.90 Å². The van der Waals surface area contributed by atoms with E-state index in [9.17, 15) is 15.3 Å². The van der Waals surface area contributed by atoms with Crippen molar-refractivity contribution >= 4 is 12.4 Å². The van der Waals surface area contributed by atoms with Crippen LogP contribution in [0.1, 0.15) is 24.8 Å². The Kier molecular flexibility index (Phi) is 5.83. The van der Waals surface area contributed by atoms with Crippen LogP contribution in [0, 0.1) is 5.92 Å². The van der Waals surface area contributed by atoms with Crippen LogP contribution in [0.3, 0.4) is 0 Å². The maximum atomic E-state index is 11.0. The van der Waals surface area contributed by atoms with Crippen molar-refractivity contribution in [2.75, 3.05) is 20.6 Å². The number of benzene rings is 1. The van der Waals surface area contributed by atoms with Crippen LogP contribution in [0.2, 0.25) is 0 Å². The number of phenolic OH excluding ortho intramolecular Hbond substituents is 1. The Bertz CT molecular complexity index is 441. The molecule has 1 aliphatic rings. The van der Waals surface area contributed by atoms with Gasteiger partial charge in [0, 0.05) is 18.9 Å². The molecule has 0 aromatic heterocycles. The molecular weight excluding hydrogens is 278 g/mol. The quantitative estimate of drug-likeness (QED) is 0.795. The zero-order valence-electron chi connectivity index (χ0n) is 12.0. The Morgan fingerprint density at radius 1 is 1.30 bits per heavy atom. The molecule has 1 saturated carbocycles. The summed E-state index contributed by atoms with van der Waals surface area (Å²) in [6, 6.07) is 6.74. The van der Waals surface area contributed by atoms with E-state index in [0.717, 1.165) is 19.4 Å². The van der Waals surface area contributed by atoms with Crippen LogP contribution in [-0.4, -0.2) is 47.0 Å². The number of aromatic hydroxyl groups is 1. The molecule has 1 fully saturated rings. The Labute approximate surface area is 126 Å². The van der Waals surface area contributed by atoms with E-state index in [4.69, 9.17) is 0 Å². The fourth-order valence-corrected chi connectivity index (χ4v) is 3.07. The molecule has 3 N–H and O–H groups in total. The van der Waals surface area contributed by atoms with Crippen LogP contribution in [0.15, 0.2) is 24.3 Å². The van der Waals surface area contributed by atoms with Gasteiger partial charge < -0.3 is 20.2 Å². The lowest BCUT2D eigenvalue weighted by molar-refractivity contribution is -0.0992. The van der Waals surface area contributed by atoms with Crippen molar-refractivity contribution in [1.29, 1.82) is 0 Å². The predicted octanol–water partition coefficient (Wildman–Crippen LogP) is 1.72. The minimum absolute atomic E-state index is 0. The Hall–Kier alpha value is -0.810. The van der Waals surface area contributed by atoms with Crippen LogP contribution in [0.25, 0.3) is 0 Å². The largest absolute Gasteiger partial charge is 0.508 e. The third-order valence-electron chi connectivity index (χ3n) is 4.00. The standard InChI is InChI=1S/C15H23NO3.ClH/c1-16(2)10-12-6-7-14(18)9-15(12,19)11-4-3-5-13(17)8-11;/h3-5,8,12,14,17-19H,6-7,9-10H2,1-2H3;1H/t12-,14-,15+;/m0./s1. The number of phenols is 1. The normalized spacial score (nSPS) is 30.1. The van der Waals surface area contributed by atoms with Gasteiger partial charge in [0.2, 0.25) is 0 Å². The topological polar surface area (TPSA) is 63.9 Å². The smallest absolute Gasteiger partial charge is 0.115 e. The van der Waals surface area contributed by atoms with Gasteiger partial charge in [-0.1, -0.05) is 12.1 Å². The van der Waals surface area contributed by atoms with Gasteiger partial charge in [-0.15, -0.1) is 12.4 Å². The molecule has 1 aliphatic carbocycles. The molecule has 20 heavy (non-hydrogen) atoms. The summed E-state index contributed by atoms with van der Waals surface area (Å²) in [6.07, 6.45) is 1.35. The van der Waals surface area contributed by atoms with Crippen LogP contribution in [0.4, 0.5) is 0 Å². The van der Waals surface area contributed by atoms with Crippen molar-refractivity contribution < 1.29 is 15.3 Å². The van der Waals surface area contributed by atoms with Crippen LogP contribution < -0.4 is 0 Å². The highest BCUT2D eigenvalue weighted by Crippen LogP contribution is 2.42. The average molecular weight is 302 g/mol. The Morgan fingerprint density at radius 3 is 2.60 bits per heavy atom. The lowest BCUT2D eigenvalue weighted by Crippen LogP contribution is -2.46. The fraction of sp³-hybridized carbons (Fsp3) is 0.600. The lowest BCUT2D eigenvalue weighted by atomic mass is 9.70. The SMILES string of the molecule is CN(C)C[C@@H]1CC[C@H](O)C[C@@]1(O)c1cccc(O)c1.Cl. The highest BCUT2D eigenvalue weighted by atomic mass is 35.5. The molecule has 114 valence electrons. The van der Waals surface area contributed by atoms with Crippen LogP contribution in [-0.2, 0) is 5.60 Å². The van der Waals surface area contributed by atoms with E-state index in [-0.39, 0.29) is 24.1 Å².